The van der Waals surface area contributed by atoms with Crippen LogP contribution in [0.25, 0.3) is 21.9 Å². The van der Waals surface area contributed by atoms with Gasteiger partial charge in [-0.2, -0.15) is 18.4 Å². The standard InChI is InChI=1S/C19H16F3N9OS/c1-2-3-10-8-11-15(30-6-7-31-12(9-30)26-29-18(31)19(20,21)22)24-14(25-17(11)33-10)16-28-27-13(32-16)4-5-23/h8H,2-4,6-7,9H2,1H3. The SMILES string of the molecule is CCCc1cc2c(N3CCn4c(nnc4C(F)(F)F)C3)nc(-c3nnc(CC#N)o3)nc2s1. The summed E-state index contributed by atoms with van der Waals surface area (Å²) in [6.45, 7) is 2.53. The maximum atomic E-state index is 13.2. The fourth-order valence-electron chi connectivity index (χ4n) is 3.69. The molecule has 5 rings (SSSR count). The maximum Gasteiger partial charge on any atom is 0.451 e. The molecule has 0 radical (unpaired) electrons. The smallest absolute Gasteiger partial charge is 0.417 e. The molecule has 0 N–H and O–H groups in total. The van der Waals surface area contributed by atoms with Gasteiger partial charge in [-0.15, -0.1) is 31.7 Å². The van der Waals surface area contributed by atoms with Crippen molar-refractivity contribution >= 4 is 27.4 Å². The Morgan fingerprint density at radius 1 is 1.18 bits per heavy atom. The summed E-state index contributed by atoms with van der Waals surface area (Å²) < 4.78 is 46.2. The first kappa shape index (κ1) is 21.3. The molecule has 4 aromatic rings. The fourth-order valence-corrected chi connectivity index (χ4v) is 4.82. The molecule has 1 aliphatic rings. The van der Waals surface area contributed by atoms with Crippen molar-refractivity contribution in [2.45, 2.75) is 45.5 Å². The van der Waals surface area contributed by atoms with Crippen LogP contribution in [0.1, 0.15) is 35.8 Å². The molecule has 0 aromatic carbocycles. The van der Waals surface area contributed by atoms with Crippen LogP contribution in [0.4, 0.5) is 19.0 Å². The number of nitrogens with zero attached hydrogens (tertiary/aromatic N) is 9. The topological polar surface area (TPSA) is 122 Å². The van der Waals surface area contributed by atoms with Gasteiger partial charge in [0.2, 0.25) is 17.5 Å². The van der Waals surface area contributed by atoms with Gasteiger partial charge >= 0.3 is 6.18 Å². The average molecular weight is 475 g/mol. The molecule has 5 heterocycles. The van der Waals surface area contributed by atoms with Crippen molar-refractivity contribution in [3.05, 3.63) is 28.5 Å². The highest BCUT2D eigenvalue weighted by atomic mass is 32.1. The number of hydrogen-bond donors (Lipinski definition) is 0. The van der Waals surface area contributed by atoms with Gasteiger partial charge < -0.3 is 13.9 Å². The molecular weight excluding hydrogens is 459 g/mol. The van der Waals surface area contributed by atoms with Crippen LogP contribution in [0.15, 0.2) is 10.5 Å². The zero-order chi connectivity index (χ0) is 23.2. The first-order valence-electron chi connectivity index (χ1n) is 10.1. The number of anilines is 1. The third-order valence-electron chi connectivity index (χ3n) is 5.11. The number of halogens is 3. The second-order valence-corrected chi connectivity index (χ2v) is 8.51. The first-order valence-corrected chi connectivity index (χ1v) is 10.9. The summed E-state index contributed by atoms with van der Waals surface area (Å²) >= 11 is 1.52. The zero-order valence-corrected chi connectivity index (χ0v) is 18.1. The second-order valence-electron chi connectivity index (χ2n) is 7.40. The van der Waals surface area contributed by atoms with Crippen LogP contribution in [-0.4, -0.2) is 41.5 Å². The van der Waals surface area contributed by atoms with Crippen LogP contribution in [0.3, 0.4) is 0 Å². The lowest BCUT2D eigenvalue weighted by atomic mass is 10.2. The molecular formula is C19H16F3N9OS. The number of aryl methyl sites for hydroxylation is 1. The Balaban J connectivity index is 1.57. The lowest BCUT2D eigenvalue weighted by Crippen LogP contribution is -2.36. The minimum absolute atomic E-state index is 0.0366. The van der Waals surface area contributed by atoms with Crippen LogP contribution in [0, 0.1) is 11.3 Å². The van der Waals surface area contributed by atoms with Gasteiger partial charge in [-0.25, -0.2) is 9.97 Å². The minimum Gasteiger partial charge on any atom is -0.417 e. The number of alkyl halides is 3. The van der Waals surface area contributed by atoms with E-state index in [0.717, 1.165) is 27.7 Å². The van der Waals surface area contributed by atoms with Crippen molar-refractivity contribution in [1.29, 1.82) is 5.26 Å². The summed E-state index contributed by atoms with van der Waals surface area (Å²) in [5.41, 5.74) is 0. The second kappa shape index (κ2) is 8.07. The van der Waals surface area contributed by atoms with Crippen LogP contribution in [0.2, 0.25) is 0 Å². The molecule has 1 aliphatic heterocycles. The first-order chi connectivity index (χ1) is 15.9. The molecule has 14 heteroatoms. The van der Waals surface area contributed by atoms with E-state index in [0.29, 0.717) is 10.6 Å². The van der Waals surface area contributed by atoms with Gasteiger partial charge in [0.15, 0.2) is 5.82 Å². The van der Waals surface area contributed by atoms with Crippen molar-refractivity contribution < 1.29 is 17.6 Å². The summed E-state index contributed by atoms with van der Waals surface area (Å²) in [5.74, 6) is 0.190. The van der Waals surface area contributed by atoms with Gasteiger partial charge in [0.05, 0.1) is 18.0 Å². The lowest BCUT2D eigenvalue weighted by molar-refractivity contribution is -0.147. The summed E-state index contributed by atoms with van der Waals surface area (Å²) in [6, 6.07) is 3.95. The summed E-state index contributed by atoms with van der Waals surface area (Å²) in [5, 5.41) is 24.5. The van der Waals surface area contributed by atoms with Crippen molar-refractivity contribution in [1.82, 2.24) is 34.9 Å². The Labute approximate surface area is 188 Å². The van der Waals surface area contributed by atoms with Gasteiger partial charge in [0.25, 0.3) is 5.89 Å². The Morgan fingerprint density at radius 2 is 2.03 bits per heavy atom. The molecule has 0 spiro atoms. The Morgan fingerprint density at radius 3 is 2.79 bits per heavy atom. The van der Waals surface area contributed by atoms with Gasteiger partial charge in [0, 0.05) is 18.0 Å². The molecule has 10 nitrogen and oxygen atoms in total. The van der Waals surface area contributed by atoms with Crippen molar-refractivity contribution in [2.24, 2.45) is 0 Å². The highest BCUT2D eigenvalue weighted by molar-refractivity contribution is 7.18. The molecule has 0 unspecified atom stereocenters. The van der Waals surface area contributed by atoms with Gasteiger partial charge in [0.1, 0.15) is 17.1 Å². The minimum atomic E-state index is -4.57. The van der Waals surface area contributed by atoms with Gasteiger partial charge in [-0.3, -0.25) is 0 Å². The maximum absolute atomic E-state index is 13.2. The van der Waals surface area contributed by atoms with E-state index >= 15 is 0 Å². The molecule has 0 atom stereocenters. The summed E-state index contributed by atoms with van der Waals surface area (Å²) in [7, 11) is 0. The quantitative estimate of drug-likeness (QED) is 0.427. The lowest BCUT2D eigenvalue weighted by Gasteiger charge is -2.29. The van der Waals surface area contributed by atoms with E-state index in [1.54, 1.807) is 0 Å². The molecule has 0 bridgehead atoms. The molecule has 0 saturated heterocycles. The van der Waals surface area contributed by atoms with E-state index in [4.69, 9.17) is 9.68 Å². The predicted octanol–water partition coefficient (Wildman–Crippen LogP) is 3.39. The van der Waals surface area contributed by atoms with E-state index < -0.39 is 12.0 Å². The third kappa shape index (κ3) is 3.88. The van der Waals surface area contributed by atoms with Crippen molar-refractivity contribution in [2.75, 3.05) is 11.4 Å². The fraction of sp³-hybridized carbons (Fsp3) is 0.421. The Bertz CT molecular complexity index is 1370. The van der Waals surface area contributed by atoms with E-state index in [-0.39, 0.29) is 49.5 Å². The highest BCUT2D eigenvalue weighted by Gasteiger charge is 2.39. The van der Waals surface area contributed by atoms with Gasteiger partial charge in [-0.1, -0.05) is 13.3 Å². The normalized spacial score (nSPS) is 14.0. The largest absolute Gasteiger partial charge is 0.451 e. The number of nitriles is 1. The highest BCUT2D eigenvalue weighted by Crippen LogP contribution is 2.36. The molecule has 4 aromatic heterocycles. The van der Waals surface area contributed by atoms with Crippen LogP contribution < -0.4 is 4.90 Å². The number of thiophene rings is 1. The molecule has 33 heavy (non-hydrogen) atoms. The molecule has 170 valence electrons. The van der Waals surface area contributed by atoms with E-state index in [1.165, 1.54) is 11.3 Å². The van der Waals surface area contributed by atoms with E-state index in [9.17, 15) is 13.2 Å². The monoisotopic (exact) mass is 475 g/mol. The Hall–Kier alpha value is -3.60. The van der Waals surface area contributed by atoms with Gasteiger partial charge in [-0.05, 0) is 12.5 Å². The third-order valence-corrected chi connectivity index (χ3v) is 6.20. The van der Waals surface area contributed by atoms with E-state index in [2.05, 4.69) is 37.3 Å². The number of aromatic nitrogens is 7. The van der Waals surface area contributed by atoms with Crippen molar-refractivity contribution in [3.63, 3.8) is 0 Å². The molecule has 0 saturated carbocycles. The average Bonchev–Trinajstić information content (AvgIpc) is 3.50. The Kier molecular flexibility index (Phi) is 5.20. The summed E-state index contributed by atoms with van der Waals surface area (Å²) in [6.07, 6.45) is -2.78. The van der Waals surface area contributed by atoms with Crippen molar-refractivity contribution in [3.8, 4) is 17.8 Å². The summed E-state index contributed by atoms with van der Waals surface area (Å²) in [4.78, 5) is 12.9. The van der Waals surface area contributed by atoms with Crippen LogP contribution in [0.5, 0.6) is 0 Å². The predicted molar refractivity (Wildman–Crippen MR) is 110 cm³/mol. The van der Waals surface area contributed by atoms with Crippen LogP contribution in [-0.2, 0) is 32.1 Å². The number of fused-ring (bicyclic) bond motifs is 2. The van der Waals surface area contributed by atoms with Crippen LogP contribution >= 0.6 is 11.3 Å². The number of hydrogen-bond acceptors (Lipinski definition) is 10. The molecule has 0 amide bonds. The number of rotatable bonds is 5. The zero-order valence-electron chi connectivity index (χ0n) is 17.3. The molecule has 0 aliphatic carbocycles. The van der Waals surface area contributed by atoms with E-state index in [1.807, 2.05) is 17.0 Å². The molecule has 0 fully saturated rings.